The van der Waals surface area contributed by atoms with Gasteiger partial charge in [0.15, 0.2) is 0 Å². The number of carbonyl (C=O) groups is 1. The molecule has 2 heteroatoms. The monoisotopic (exact) mass is 258 g/mol. The number of rotatable bonds is 2. The van der Waals surface area contributed by atoms with Crippen LogP contribution in [0.3, 0.4) is 0 Å². The van der Waals surface area contributed by atoms with Gasteiger partial charge in [-0.25, -0.2) is 0 Å². The fourth-order valence-corrected chi connectivity index (χ4v) is 4.42. The summed E-state index contributed by atoms with van der Waals surface area (Å²) in [5.74, 6) is -0.297. The van der Waals surface area contributed by atoms with E-state index in [0.717, 1.165) is 12.8 Å². The lowest BCUT2D eigenvalue weighted by atomic mass is 9.56. The van der Waals surface area contributed by atoms with Gasteiger partial charge in [-0.2, -0.15) is 0 Å². The Morgan fingerprint density at radius 1 is 1.21 bits per heavy atom. The maximum atomic E-state index is 11.2. The summed E-state index contributed by atoms with van der Waals surface area (Å²) in [6.45, 7) is 0. The minimum atomic E-state index is -0.630. The van der Waals surface area contributed by atoms with Crippen molar-refractivity contribution < 1.29 is 9.90 Å². The first-order valence-corrected chi connectivity index (χ1v) is 7.52. The van der Waals surface area contributed by atoms with Crippen molar-refractivity contribution in [1.29, 1.82) is 0 Å². The summed E-state index contributed by atoms with van der Waals surface area (Å²) in [5, 5.41) is 9.23. The quantitative estimate of drug-likeness (QED) is 0.872. The summed E-state index contributed by atoms with van der Waals surface area (Å²) in [4.78, 5) is 11.2. The molecule has 0 bridgehead atoms. The average molecular weight is 258 g/mol. The van der Waals surface area contributed by atoms with Crippen LogP contribution in [0.2, 0.25) is 0 Å². The van der Waals surface area contributed by atoms with Crippen molar-refractivity contribution in [2.75, 3.05) is 0 Å². The molecule has 2 nitrogen and oxygen atoms in total. The third-order valence-electron chi connectivity index (χ3n) is 5.26. The Kier molecular flexibility index (Phi) is 3.34. The van der Waals surface area contributed by atoms with Crippen molar-refractivity contribution in [2.45, 2.75) is 56.8 Å². The molecule has 0 aliphatic heterocycles. The Bertz CT molecular complexity index is 472. The molecule has 1 aromatic carbocycles. The van der Waals surface area contributed by atoms with Gasteiger partial charge in [0, 0.05) is 6.42 Å². The first-order valence-electron chi connectivity index (χ1n) is 7.52. The molecule has 3 rings (SSSR count). The van der Waals surface area contributed by atoms with Crippen molar-refractivity contribution in [1.82, 2.24) is 0 Å². The fourth-order valence-electron chi connectivity index (χ4n) is 4.42. The molecule has 0 aromatic heterocycles. The van der Waals surface area contributed by atoms with Crippen LogP contribution >= 0.6 is 0 Å². The summed E-state index contributed by atoms with van der Waals surface area (Å²) in [6.07, 6.45) is 8.62. The Hall–Kier alpha value is -1.31. The van der Waals surface area contributed by atoms with Gasteiger partial charge in [0.25, 0.3) is 0 Å². The summed E-state index contributed by atoms with van der Waals surface area (Å²) in [7, 11) is 0. The number of carboxylic acids is 1. The second kappa shape index (κ2) is 4.99. The Balaban J connectivity index is 2.02. The van der Waals surface area contributed by atoms with Crippen LogP contribution in [0.4, 0.5) is 0 Å². The van der Waals surface area contributed by atoms with Crippen molar-refractivity contribution in [3.63, 3.8) is 0 Å². The number of aryl methyl sites for hydroxylation is 1. The van der Waals surface area contributed by atoms with Gasteiger partial charge in [0.1, 0.15) is 0 Å². The normalized spacial score (nSPS) is 24.9. The van der Waals surface area contributed by atoms with Gasteiger partial charge >= 0.3 is 5.97 Å². The standard InChI is InChI=1S/C17H22O2/c18-16(19)12-14-9-8-13-6-2-3-7-15(13)17(14)10-4-1-5-11-17/h2-3,6-7,14H,1,4-5,8-12H2,(H,18,19). The molecule has 1 N–H and O–H groups in total. The maximum absolute atomic E-state index is 11.2. The van der Waals surface area contributed by atoms with Crippen molar-refractivity contribution >= 4 is 5.97 Å². The molecule has 1 unspecified atom stereocenters. The third-order valence-corrected chi connectivity index (χ3v) is 5.26. The molecule has 1 fully saturated rings. The second-order valence-corrected chi connectivity index (χ2v) is 6.21. The van der Waals surface area contributed by atoms with Crippen molar-refractivity contribution in [3.8, 4) is 0 Å². The summed E-state index contributed by atoms with van der Waals surface area (Å²) < 4.78 is 0. The van der Waals surface area contributed by atoms with E-state index in [1.807, 2.05) is 0 Å². The summed E-state index contributed by atoms with van der Waals surface area (Å²) >= 11 is 0. The van der Waals surface area contributed by atoms with E-state index in [0.29, 0.717) is 12.3 Å². The lowest BCUT2D eigenvalue weighted by Crippen LogP contribution is -2.42. The molecule has 1 atom stereocenters. The molecule has 0 heterocycles. The molecule has 0 saturated heterocycles. The van der Waals surface area contributed by atoms with E-state index in [1.165, 1.54) is 43.2 Å². The molecule has 1 aromatic rings. The zero-order valence-electron chi connectivity index (χ0n) is 11.4. The first-order chi connectivity index (χ1) is 9.22. The highest BCUT2D eigenvalue weighted by molar-refractivity contribution is 5.67. The lowest BCUT2D eigenvalue weighted by molar-refractivity contribution is -0.139. The van der Waals surface area contributed by atoms with E-state index >= 15 is 0 Å². The SMILES string of the molecule is O=C(O)CC1CCc2ccccc2C12CCCCC2. The molecular formula is C17H22O2. The molecule has 102 valence electrons. The van der Waals surface area contributed by atoms with Gasteiger partial charge in [0.2, 0.25) is 0 Å². The molecule has 19 heavy (non-hydrogen) atoms. The number of fused-ring (bicyclic) bond motifs is 2. The topological polar surface area (TPSA) is 37.3 Å². The van der Waals surface area contributed by atoms with Crippen molar-refractivity contribution in [2.24, 2.45) is 5.92 Å². The predicted octanol–water partition coefficient (Wildman–Crippen LogP) is 3.93. The summed E-state index contributed by atoms with van der Waals surface area (Å²) in [6, 6.07) is 8.74. The summed E-state index contributed by atoms with van der Waals surface area (Å²) in [5.41, 5.74) is 3.09. The van der Waals surface area contributed by atoms with Crippen LogP contribution in [-0.4, -0.2) is 11.1 Å². The van der Waals surface area contributed by atoms with E-state index in [2.05, 4.69) is 24.3 Å². The van der Waals surface area contributed by atoms with Crippen molar-refractivity contribution in [3.05, 3.63) is 35.4 Å². The number of hydrogen-bond acceptors (Lipinski definition) is 1. The van der Waals surface area contributed by atoms with Crippen LogP contribution in [0, 0.1) is 5.92 Å². The van der Waals surface area contributed by atoms with E-state index in [-0.39, 0.29) is 5.41 Å². The molecule has 1 saturated carbocycles. The smallest absolute Gasteiger partial charge is 0.303 e. The Labute approximate surface area is 114 Å². The average Bonchev–Trinajstić information content (AvgIpc) is 2.43. The Morgan fingerprint density at radius 3 is 2.68 bits per heavy atom. The highest BCUT2D eigenvalue weighted by atomic mass is 16.4. The van der Waals surface area contributed by atoms with Crippen LogP contribution in [0.5, 0.6) is 0 Å². The third kappa shape index (κ3) is 2.18. The van der Waals surface area contributed by atoms with Crippen LogP contribution in [0.15, 0.2) is 24.3 Å². The molecule has 2 aliphatic rings. The minimum absolute atomic E-state index is 0.158. The van der Waals surface area contributed by atoms with Crippen LogP contribution < -0.4 is 0 Å². The molecule has 0 radical (unpaired) electrons. The van der Waals surface area contributed by atoms with Gasteiger partial charge < -0.3 is 5.11 Å². The van der Waals surface area contributed by atoms with E-state index in [9.17, 15) is 9.90 Å². The van der Waals surface area contributed by atoms with Crippen LogP contribution in [-0.2, 0) is 16.6 Å². The van der Waals surface area contributed by atoms with E-state index in [1.54, 1.807) is 0 Å². The zero-order valence-corrected chi connectivity index (χ0v) is 11.4. The van der Waals surface area contributed by atoms with Gasteiger partial charge in [-0.3, -0.25) is 4.79 Å². The van der Waals surface area contributed by atoms with Crippen LogP contribution in [0.1, 0.15) is 56.1 Å². The largest absolute Gasteiger partial charge is 0.481 e. The van der Waals surface area contributed by atoms with Gasteiger partial charge in [-0.1, -0.05) is 43.5 Å². The first kappa shape index (κ1) is 12.7. The fraction of sp³-hybridized carbons (Fsp3) is 0.588. The van der Waals surface area contributed by atoms with E-state index < -0.39 is 5.97 Å². The van der Waals surface area contributed by atoms with Gasteiger partial charge in [-0.15, -0.1) is 0 Å². The molecule has 1 spiro atoms. The van der Waals surface area contributed by atoms with E-state index in [4.69, 9.17) is 0 Å². The highest BCUT2D eigenvalue weighted by Crippen LogP contribution is 2.51. The van der Waals surface area contributed by atoms with Gasteiger partial charge in [-0.05, 0) is 48.1 Å². The number of benzene rings is 1. The number of aliphatic carboxylic acids is 1. The number of hydrogen-bond donors (Lipinski definition) is 1. The molecule has 0 amide bonds. The second-order valence-electron chi connectivity index (χ2n) is 6.21. The predicted molar refractivity (Wildman–Crippen MR) is 75.3 cm³/mol. The zero-order chi connectivity index (χ0) is 13.3. The number of carboxylic acid groups (broad SMARTS) is 1. The maximum Gasteiger partial charge on any atom is 0.303 e. The lowest BCUT2D eigenvalue weighted by Gasteiger charge is -2.48. The molecular weight excluding hydrogens is 236 g/mol. The van der Waals surface area contributed by atoms with Crippen LogP contribution in [0.25, 0.3) is 0 Å². The van der Waals surface area contributed by atoms with Gasteiger partial charge in [0.05, 0.1) is 0 Å². The minimum Gasteiger partial charge on any atom is -0.481 e. The molecule has 2 aliphatic carbocycles. The highest BCUT2D eigenvalue weighted by Gasteiger charge is 2.44. The Morgan fingerprint density at radius 2 is 1.95 bits per heavy atom.